The lowest BCUT2D eigenvalue weighted by atomic mass is 9.92. The van der Waals surface area contributed by atoms with Gasteiger partial charge in [-0.25, -0.2) is 4.79 Å². The molecular weight excluding hydrogens is 399 g/mol. The first kappa shape index (κ1) is 21.4. The van der Waals surface area contributed by atoms with Gasteiger partial charge >= 0.3 is 12.1 Å². The van der Waals surface area contributed by atoms with E-state index < -0.39 is 30.8 Å². The van der Waals surface area contributed by atoms with Crippen LogP contribution in [0, 0.1) is 5.41 Å². The van der Waals surface area contributed by atoms with Gasteiger partial charge in [0, 0.05) is 35.0 Å². The summed E-state index contributed by atoms with van der Waals surface area (Å²) in [6.07, 6.45) is -1.36. The van der Waals surface area contributed by atoms with Crippen molar-refractivity contribution in [3.63, 3.8) is 0 Å². The molecule has 0 aliphatic heterocycles. The Morgan fingerprint density at radius 1 is 1.20 bits per heavy atom. The summed E-state index contributed by atoms with van der Waals surface area (Å²) in [6, 6.07) is 10.2. The van der Waals surface area contributed by atoms with E-state index in [1.807, 2.05) is 12.1 Å². The number of rotatable bonds is 7. The van der Waals surface area contributed by atoms with Gasteiger partial charge in [0.15, 0.2) is 0 Å². The molecule has 0 saturated carbocycles. The Labute approximate surface area is 171 Å². The van der Waals surface area contributed by atoms with Crippen LogP contribution in [0.5, 0.6) is 5.75 Å². The van der Waals surface area contributed by atoms with E-state index in [0.717, 1.165) is 17.9 Å². The number of carbonyl (C=O) groups excluding carboxylic acids is 1. The van der Waals surface area contributed by atoms with E-state index in [2.05, 4.69) is 11.6 Å². The molecule has 0 aliphatic rings. The van der Waals surface area contributed by atoms with E-state index in [1.54, 1.807) is 30.6 Å². The van der Waals surface area contributed by atoms with Crippen LogP contribution in [0.4, 0.5) is 13.2 Å². The molecule has 8 heteroatoms. The number of nitrogens with zero attached hydrogens (tertiary/aromatic N) is 1. The Balaban J connectivity index is 1.76. The summed E-state index contributed by atoms with van der Waals surface area (Å²) in [4.78, 5) is 15.5. The zero-order valence-electron chi connectivity index (χ0n) is 16.5. The van der Waals surface area contributed by atoms with E-state index in [4.69, 9.17) is 13.9 Å². The van der Waals surface area contributed by atoms with Gasteiger partial charge in [-0.1, -0.05) is 6.58 Å². The first-order valence-corrected chi connectivity index (χ1v) is 9.05. The lowest BCUT2D eigenvalue weighted by Crippen LogP contribution is -2.44. The van der Waals surface area contributed by atoms with Crippen LogP contribution in [-0.2, 0) is 9.53 Å². The number of esters is 1. The highest BCUT2D eigenvalue weighted by molar-refractivity contribution is 5.87. The zero-order valence-corrected chi connectivity index (χ0v) is 16.5. The number of hydrogen-bond donors (Lipinski definition) is 0. The summed E-state index contributed by atoms with van der Waals surface area (Å²) < 4.78 is 56.7. The number of hydrogen-bond acceptors (Lipinski definition) is 5. The Hall–Kier alpha value is -3.29. The van der Waals surface area contributed by atoms with Crippen LogP contribution < -0.4 is 4.74 Å². The maximum atomic E-state index is 13.6. The molecule has 1 aromatic carbocycles. The van der Waals surface area contributed by atoms with Crippen molar-refractivity contribution in [1.29, 1.82) is 0 Å². The van der Waals surface area contributed by atoms with Crippen molar-refractivity contribution in [2.45, 2.75) is 20.0 Å². The number of furan rings is 1. The fourth-order valence-corrected chi connectivity index (χ4v) is 2.55. The predicted molar refractivity (Wildman–Crippen MR) is 105 cm³/mol. The topological polar surface area (TPSA) is 61.6 Å². The molecule has 0 bridgehead atoms. The third kappa shape index (κ3) is 4.64. The van der Waals surface area contributed by atoms with E-state index in [1.165, 1.54) is 13.0 Å². The molecule has 0 amide bonds. The molecule has 5 nitrogen and oxygen atoms in total. The summed E-state index contributed by atoms with van der Waals surface area (Å²) in [5.41, 5.74) is -1.13. The summed E-state index contributed by atoms with van der Waals surface area (Å²) in [5.74, 6) is -0.0937. The minimum absolute atomic E-state index is 0.0214. The van der Waals surface area contributed by atoms with Crippen LogP contribution in [0.3, 0.4) is 0 Å². The number of benzene rings is 1. The van der Waals surface area contributed by atoms with Crippen LogP contribution in [0.2, 0.25) is 0 Å². The van der Waals surface area contributed by atoms with Gasteiger partial charge in [0.05, 0.1) is 0 Å². The minimum atomic E-state index is -4.65. The number of aromatic nitrogens is 1. The molecule has 2 aromatic heterocycles. The van der Waals surface area contributed by atoms with Gasteiger partial charge in [0.2, 0.25) is 0 Å². The van der Waals surface area contributed by atoms with Crippen LogP contribution in [-0.4, -0.2) is 30.3 Å². The largest absolute Gasteiger partial charge is 0.492 e. The fraction of sp³-hybridized carbons (Fsp3) is 0.273. The van der Waals surface area contributed by atoms with E-state index in [9.17, 15) is 18.0 Å². The summed E-state index contributed by atoms with van der Waals surface area (Å²) in [7, 11) is 0. The average molecular weight is 419 g/mol. The second kappa shape index (κ2) is 8.22. The first-order valence-electron chi connectivity index (χ1n) is 9.05. The van der Waals surface area contributed by atoms with E-state index in [0.29, 0.717) is 11.3 Å². The van der Waals surface area contributed by atoms with Crippen molar-refractivity contribution in [3.05, 3.63) is 60.9 Å². The van der Waals surface area contributed by atoms with Gasteiger partial charge < -0.3 is 13.9 Å². The third-order valence-electron chi connectivity index (χ3n) is 4.55. The van der Waals surface area contributed by atoms with Gasteiger partial charge in [-0.3, -0.25) is 4.98 Å². The molecule has 0 aliphatic carbocycles. The number of fused-ring (bicyclic) bond motifs is 1. The molecule has 1 atom stereocenters. The second-order valence-corrected chi connectivity index (χ2v) is 7.26. The Bertz CT molecular complexity index is 1060. The Kier molecular flexibility index (Phi) is 5.87. The van der Waals surface area contributed by atoms with Crippen LogP contribution in [0.25, 0.3) is 22.3 Å². The van der Waals surface area contributed by atoms with E-state index >= 15 is 0 Å². The molecule has 1 unspecified atom stereocenters. The van der Waals surface area contributed by atoms with Crippen molar-refractivity contribution in [2.75, 3.05) is 13.2 Å². The summed E-state index contributed by atoms with van der Waals surface area (Å²) in [6.45, 7) is 4.05. The molecule has 30 heavy (non-hydrogen) atoms. The lowest BCUT2D eigenvalue weighted by Gasteiger charge is -2.31. The SMILES string of the molecule is C=C(C)C(=O)OCC(C)(COc1ccc2cc(-c3cccnc3)oc2c1)C(F)(F)F. The predicted octanol–water partition coefficient (Wildman–Crippen LogP) is 5.56. The molecule has 0 saturated heterocycles. The highest BCUT2D eigenvalue weighted by atomic mass is 19.4. The number of alkyl halides is 3. The Morgan fingerprint density at radius 2 is 1.97 bits per heavy atom. The number of pyridine rings is 1. The number of ether oxygens (including phenoxy) is 2. The van der Waals surface area contributed by atoms with Gasteiger partial charge in [0.25, 0.3) is 0 Å². The third-order valence-corrected chi connectivity index (χ3v) is 4.55. The van der Waals surface area contributed by atoms with Gasteiger partial charge in [-0.05, 0) is 44.2 Å². The van der Waals surface area contributed by atoms with Crippen molar-refractivity contribution in [2.24, 2.45) is 5.41 Å². The maximum Gasteiger partial charge on any atom is 0.400 e. The zero-order chi connectivity index (χ0) is 21.9. The molecular formula is C22H20F3NO4. The first-order chi connectivity index (χ1) is 14.1. The van der Waals surface area contributed by atoms with Crippen molar-refractivity contribution >= 4 is 16.9 Å². The highest BCUT2D eigenvalue weighted by Gasteiger charge is 2.53. The normalized spacial score (nSPS) is 13.6. The molecule has 0 spiro atoms. The monoisotopic (exact) mass is 419 g/mol. The molecule has 0 N–H and O–H groups in total. The van der Waals surface area contributed by atoms with Crippen LogP contribution in [0.15, 0.2) is 65.4 Å². The maximum absolute atomic E-state index is 13.6. The van der Waals surface area contributed by atoms with Gasteiger partial charge in [0.1, 0.15) is 35.7 Å². The van der Waals surface area contributed by atoms with Crippen molar-refractivity contribution in [3.8, 4) is 17.1 Å². The Morgan fingerprint density at radius 3 is 2.60 bits per heavy atom. The smallest absolute Gasteiger partial charge is 0.400 e. The summed E-state index contributed by atoms with van der Waals surface area (Å²) >= 11 is 0. The highest BCUT2D eigenvalue weighted by Crippen LogP contribution is 2.39. The van der Waals surface area contributed by atoms with Gasteiger partial charge in [-0.2, -0.15) is 13.2 Å². The average Bonchev–Trinajstić information content (AvgIpc) is 3.13. The van der Waals surface area contributed by atoms with E-state index in [-0.39, 0.29) is 11.3 Å². The molecule has 158 valence electrons. The molecule has 2 heterocycles. The molecule has 0 fully saturated rings. The quantitative estimate of drug-likeness (QED) is 0.371. The fourth-order valence-electron chi connectivity index (χ4n) is 2.55. The summed E-state index contributed by atoms with van der Waals surface area (Å²) in [5, 5.41) is 0.773. The second-order valence-electron chi connectivity index (χ2n) is 7.26. The van der Waals surface area contributed by atoms with Crippen molar-refractivity contribution in [1.82, 2.24) is 4.98 Å². The molecule has 3 rings (SSSR count). The number of halogens is 3. The molecule has 3 aromatic rings. The minimum Gasteiger partial charge on any atom is -0.492 e. The van der Waals surface area contributed by atoms with Crippen molar-refractivity contribution < 1.29 is 31.9 Å². The standard InChI is InChI=1S/C22H20F3NO4/c1-14(2)20(27)29-13-21(3,22(23,24)25)12-28-17-7-6-15-9-18(30-19(15)10-17)16-5-4-8-26-11-16/h4-11H,1,12-13H2,2-3H3. The van der Waals surface area contributed by atoms with Gasteiger partial charge in [-0.15, -0.1) is 0 Å². The number of carbonyl (C=O) groups is 1. The lowest BCUT2D eigenvalue weighted by molar-refractivity contribution is -0.240. The molecule has 0 radical (unpaired) electrons. The van der Waals surface area contributed by atoms with Crippen LogP contribution >= 0.6 is 0 Å². The van der Waals surface area contributed by atoms with Crippen LogP contribution in [0.1, 0.15) is 13.8 Å².